The first kappa shape index (κ1) is 12.1. The minimum Gasteiger partial charge on any atom is -0.381 e. The average molecular weight is 233 g/mol. The SMILES string of the molecule is CCCn1nc(C#N)cc1CC1CCOCC1. The van der Waals surface area contributed by atoms with Gasteiger partial charge < -0.3 is 4.74 Å². The Balaban J connectivity index is 2.07. The van der Waals surface area contributed by atoms with E-state index < -0.39 is 0 Å². The maximum Gasteiger partial charge on any atom is 0.162 e. The fourth-order valence-electron chi connectivity index (χ4n) is 2.33. The molecule has 0 N–H and O–H groups in total. The number of hydrogen-bond donors (Lipinski definition) is 0. The third kappa shape index (κ3) is 3.07. The Morgan fingerprint density at radius 3 is 2.94 bits per heavy atom. The van der Waals surface area contributed by atoms with Crippen LogP contribution < -0.4 is 0 Å². The summed E-state index contributed by atoms with van der Waals surface area (Å²) in [5.41, 5.74) is 1.75. The highest BCUT2D eigenvalue weighted by molar-refractivity contribution is 5.22. The van der Waals surface area contributed by atoms with Crippen molar-refractivity contribution >= 4 is 0 Å². The van der Waals surface area contributed by atoms with E-state index in [0.29, 0.717) is 11.6 Å². The van der Waals surface area contributed by atoms with Gasteiger partial charge in [0.1, 0.15) is 6.07 Å². The van der Waals surface area contributed by atoms with E-state index in [9.17, 15) is 0 Å². The molecule has 0 atom stereocenters. The third-order valence-electron chi connectivity index (χ3n) is 3.25. The fraction of sp³-hybridized carbons (Fsp3) is 0.692. The molecule has 2 rings (SSSR count). The van der Waals surface area contributed by atoms with Gasteiger partial charge in [0.15, 0.2) is 5.69 Å². The maximum atomic E-state index is 8.90. The van der Waals surface area contributed by atoms with Gasteiger partial charge in [0.05, 0.1) is 0 Å². The summed E-state index contributed by atoms with van der Waals surface area (Å²) < 4.78 is 7.36. The normalized spacial score (nSPS) is 16.9. The van der Waals surface area contributed by atoms with Crippen molar-refractivity contribution in [2.45, 2.75) is 39.2 Å². The van der Waals surface area contributed by atoms with Crippen molar-refractivity contribution in [2.24, 2.45) is 5.92 Å². The van der Waals surface area contributed by atoms with Crippen LogP contribution in [0, 0.1) is 17.2 Å². The number of rotatable bonds is 4. The molecule has 1 aromatic rings. The Bertz CT molecular complexity index is 399. The van der Waals surface area contributed by atoms with Gasteiger partial charge in [-0.15, -0.1) is 0 Å². The lowest BCUT2D eigenvalue weighted by Crippen LogP contribution is -2.19. The van der Waals surface area contributed by atoms with Crippen LogP contribution in [0.5, 0.6) is 0 Å². The molecule has 4 heteroatoms. The molecule has 2 heterocycles. The van der Waals surface area contributed by atoms with Gasteiger partial charge in [-0.3, -0.25) is 4.68 Å². The quantitative estimate of drug-likeness (QED) is 0.800. The van der Waals surface area contributed by atoms with Crippen LogP contribution in [0.1, 0.15) is 37.6 Å². The van der Waals surface area contributed by atoms with E-state index in [0.717, 1.165) is 45.4 Å². The summed E-state index contributed by atoms with van der Waals surface area (Å²) in [4.78, 5) is 0. The van der Waals surface area contributed by atoms with Gasteiger partial charge in [-0.25, -0.2) is 0 Å². The molecule has 0 amide bonds. The van der Waals surface area contributed by atoms with Gasteiger partial charge in [0, 0.05) is 25.5 Å². The molecular formula is C13H19N3O. The van der Waals surface area contributed by atoms with Gasteiger partial charge >= 0.3 is 0 Å². The van der Waals surface area contributed by atoms with Crippen molar-refractivity contribution in [3.05, 3.63) is 17.5 Å². The average Bonchev–Trinajstić information content (AvgIpc) is 2.74. The summed E-state index contributed by atoms with van der Waals surface area (Å²) in [7, 11) is 0. The van der Waals surface area contributed by atoms with Crippen LogP contribution in [0.3, 0.4) is 0 Å². The largest absolute Gasteiger partial charge is 0.381 e. The zero-order valence-electron chi connectivity index (χ0n) is 10.4. The summed E-state index contributed by atoms with van der Waals surface area (Å²) in [5, 5.41) is 13.2. The molecule has 0 spiro atoms. The Kier molecular flexibility index (Phi) is 4.16. The molecule has 0 unspecified atom stereocenters. The zero-order chi connectivity index (χ0) is 12.1. The fourth-order valence-corrected chi connectivity index (χ4v) is 2.33. The predicted octanol–water partition coefficient (Wildman–Crippen LogP) is 2.13. The Morgan fingerprint density at radius 1 is 1.53 bits per heavy atom. The Hall–Kier alpha value is -1.34. The second kappa shape index (κ2) is 5.83. The van der Waals surface area contributed by atoms with Crippen molar-refractivity contribution < 1.29 is 4.74 Å². The highest BCUT2D eigenvalue weighted by Gasteiger charge is 2.17. The smallest absolute Gasteiger partial charge is 0.162 e. The summed E-state index contributed by atoms with van der Waals surface area (Å²) >= 11 is 0. The van der Waals surface area contributed by atoms with Crippen LogP contribution in [0.25, 0.3) is 0 Å². The van der Waals surface area contributed by atoms with E-state index in [1.54, 1.807) is 0 Å². The van der Waals surface area contributed by atoms with Crippen molar-refractivity contribution in [3.8, 4) is 6.07 Å². The second-order valence-corrected chi connectivity index (χ2v) is 4.62. The minimum absolute atomic E-state index is 0.542. The molecule has 0 aliphatic carbocycles. The third-order valence-corrected chi connectivity index (χ3v) is 3.25. The predicted molar refractivity (Wildman–Crippen MR) is 64.5 cm³/mol. The molecule has 1 aromatic heterocycles. The standard InChI is InChI=1S/C13H19N3O/c1-2-5-16-13(9-12(10-14)15-16)8-11-3-6-17-7-4-11/h9,11H,2-8H2,1H3. The van der Waals surface area contributed by atoms with Crippen LogP contribution in [0.15, 0.2) is 6.07 Å². The molecule has 1 fully saturated rings. The van der Waals surface area contributed by atoms with E-state index in [2.05, 4.69) is 18.1 Å². The monoisotopic (exact) mass is 233 g/mol. The summed E-state index contributed by atoms with van der Waals surface area (Å²) in [6, 6.07) is 4.06. The van der Waals surface area contributed by atoms with E-state index in [1.165, 1.54) is 5.69 Å². The van der Waals surface area contributed by atoms with Gasteiger partial charge in [0.2, 0.25) is 0 Å². The lowest BCUT2D eigenvalue weighted by atomic mass is 9.95. The van der Waals surface area contributed by atoms with Gasteiger partial charge in [0.25, 0.3) is 0 Å². The Morgan fingerprint density at radius 2 is 2.29 bits per heavy atom. The van der Waals surface area contributed by atoms with Crippen LogP contribution in [0.4, 0.5) is 0 Å². The molecule has 0 bridgehead atoms. The number of nitriles is 1. The summed E-state index contributed by atoms with van der Waals surface area (Å²) in [5.74, 6) is 0.683. The lowest BCUT2D eigenvalue weighted by Gasteiger charge is -2.22. The molecule has 1 aliphatic rings. The van der Waals surface area contributed by atoms with Gasteiger partial charge in [-0.05, 0) is 37.7 Å². The van der Waals surface area contributed by atoms with Crippen molar-refractivity contribution in [2.75, 3.05) is 13.2 Å². The highest BCUT2D eigenvalue weighted by atomic mass is 16.5. The maximum absolute atomic E-state index is 8.90. The van der Waals surface area contributed by atoms with Crippen molar-refractivity contribution in [1.82, 2.24) is 9.78 Å². The number of aromatic nitrogens is 2. The summed E-state index contributed by atoms with van der Waals surface area (Å²) in [6.45, 7) is 4.78. The molecule has 1 saturated heterocycles. The van der Waals surface area contributed by atoms with Crippen LogP contribution in [0.2, 0.25) is 0 Å². The van der Waals surface area contributed by atoms with E-state index in [1.807, 2.05) is 10.7 Å². The molecule has 0 radical (unpaired) electrons. The second-order valence-electron chi connectivity index (χ2n) is 4.62. The molecular weight excluding hydrogens is 214 g/mol. The first-order valence-electron chi connectivity index (χ1n) is 6.38. The number of aryl methyl sites for hydroxylation is 1. The molecule has 4 nitrogen and oxygen atoms in total. The van der Waals surface area contributed by atoms with Gasteiger partial charge in [-0.2, -0.15) is 10.4 Å². The summed E-state index contributed by atoms with van der Waals surface area (Å²) in [6.07, 6.45) is 4.32. The first-order chi connectivity index (χ1) is 8.33. The Labute approximate surface area is 102 Å². The van der Waals surface area contributed by atoms with Crippen molar-refractivity contribution in [3.63, 3.8) is 0 Å². The molecule has 0 aromatic carbocycles. The van der Waals surface area contributed by atoms with Crippen molar-refractivity contribution in [1.29, 1.82) is 5.26 Å². The zero-order valence-corrected chi connectivity index (χ0v) is 10.4. The molecule has 0 saturated carbocycles. The minimum atomic E-state index is 0.542. The van der Waals surface area contributed by atoms with E-state index in [4.69, 9.17) is 10.00 Å². The van der Waals surface area contributed by atoms with Crippen LogP contribution in [-0.4, -0.2) is 23.0 Å². The molecule has 1 aliphatic heterocycles. The number of hydrogen-bond acceptors (Lipinski definition) is 3. The van der Waals surface area contributed by atoms with Crippen LogP contribution in [-0.2, 0) is 17.7 Å². The number of ether oxygens (including phenoxy) is 1. The topological polar surface area (TPSA) is 50.8 Å². The lowest BCUT2D eigenvalue weighted by molar-refractivity contribution is 0.0659. The highest BCUT2D eigenvalue weighted by Crippen LogP contribution is 2.20. The first-order valence-corrected chi connectivity index (χ1v) is 6.38. The van der Waals surface area contributed by atoms with Gasteiger partial charge in [-0.1, -0.05) is 6.92 Å². The van der Waals surface area contributed by atoms with E-state index in [-0.39, 0.29) is 0 Å². The van der Waals surface area contributed by atoms with E-state index >= 15 is 0 Å². The molecule has 92 valence electrons. The van der Waals surface area contributed by atoms with Crippen LogP contribution >= 0.6 is 0 Å². The molecule has 17 heavy (non-hydrogen) atoms. The number of nitrogens with zero attached hydrogens (tertiary/aromatic N) is 3.